The molecule has 1 atom stereocenters. The van der Waals surface area contributed by atoms with Crippen LogP contribution >= 0.6 is 0 Å². The molecule has 0 saturated heterocycles. The number of nitrogens with one attached hydrogen (secondary N) is 1. The molecule has 0 unspecified atom stereocenters. The summed E-state index contributed by atoms with van der Waals surface area (Å²) in [6, 6.07) is 17.7. The summed E-state index contributed by atoms with van der Waals surface area (Å²) in [6.45, 7) is 1.76. The molecule has 0 spiro atoms. The van der Waals surface area contributed by atoms with Crippen LogP contribution in [0.15, 0.2) is 65.1 Å². The Hall–Kier alpha value is -2.79. The second-order valence-corrected chi connectivity index (χ2v) is 5.90. The number of rotatable bonds is 5. The van der Waals surface area contributed by atoms with E-state index in [1.807, 2.05) is 36.4 Å². The van der Waals surface area contributed by atoms with Crippen LogP contribution in [0.2, 0.25) is 0 Å². The molecule has 128 valence electrons. The van der Waals surface area contributed by atoms with E-state index < -0.39 is 0 Å². The molecular weight excluding hydrogens is 321 g/mol. The summed E-state index contributed by atoms with van der Waals surface area (Å²) < 4.78 is 30.4. The van der Waals surface area contributed by atoms with Crippen LogP contribution in [-0.4, -0.2) is 19.3 Å². The summed E-state index contributed by atoms with van der Waals surface area (Å²) in [5.74, 6) is 2.85. The number of ether oxygens (including phenoxy) is 2. The van der Waals surface area contributed by atoms with Gasteiger partial charge in [-0.15, -0.1) is 0 Å². The molecule has 0 bridgehead atoms. The lowest BCUT2D eigenvalue weighted by molar-refractivity contribution is 0.0899. The number of furan rings is 1. The number of benzene rings is 2. The van der Waals surface area contributed by atoms with Crippen molar-refractivity contribution < 1.29 is 18.3 Å². The minimum absolute atomic E-state index is 0.0403. The molecule has 4 rings (SSSR count). The number of fused-ring (bicyclic) bond motifs is 1. The molecule has 2 heterocycles. The van der Waals surface area contributed by atoms with Gasteiger partial charge >= 0.3 is 0 Å². The summed E-state index contributed by atoms with van der Waals surface area (Å²) in [5.41, 5.74) is 0.855. The van der Waals surface area contributed by atoms with Crippen LogP contribution in [0.4, 0.5) is 4.39 Å². The molecule has 1 aliphatic heterocycles. The molecule has 0 radical (unpaired) electrons. The van der Waals surface area contributed by atoms with Gasteiger partial charge in [-0.25, -0.2) is 4.39 Å². The van der Waals surface area contributed by atoms with Gasteiger partial charge in [-0.1, -0.05) is 12.1 Å². The van der Waals surface area contributed by atoms with E-state index in [2.05, 4.69) is 5.32 Å². The predicted octanol–water partition coefficient (Wildman–Crippen LogP) is 4.02. The highest BCUT2D eigenvalue weighted by molar-refractivity contribution is 5.57. The molecule has 5 heteroatoms. The van der Waals surface area contributed by atoms with Crippen LogP contribution in [0.5, 0.6) is 11.5 Å². The van der Waals surface area contributed by atoms with Gasteiger partial charge in [-0.2, -0.15) is 0 Å². The Morgan fingerprint density at radius 2 is 1.76 bits per heavy atom. The Balaban J connectivity index is 1.30. The molecule has 2 aromatic carbocycles. The summed E-state index contributed by atoms with van der Waals surface area (Å²) in [7, 11) is 0. The van der Waals surface area contributed by atoms with Crippen molar-refractivity contribution in [2.75, 3.05) is 13.2 Å². The molecule has 4 nitrogen and oxygen atoms in total. The standard InChI is InChI=1S/C20H18FNO3/c21-15-7-5-14(6-8-15)18-10-9-16(24-18)11-22-12-17-13-23-19-3-1-2-4-20(19)25-17/h1-10,17,22H,11-13H2/t17-/m0/s1. The molecule has 0 fully saturated rings. The maximum absolute atomic E-state index is 13.0. The monoisotopic (exact) mass is 339 g/mol. The Labute approximate surface area is 145 Å². The van der Waals surface area contributed by atoms with Gasteiger partial charge in [0.25, 0.3) is 0 Å². The zero-order valence-corrected chi connectivity index (χ0v) is 13.6. The molecule has 3 aromatic rings. The first-order valence-electron chi connectivity index (χ1n) is 8.22. The minimum Gasteiger partial charge on any atom is -0.486 e. The molecule has 0 aliphatic carbocycles. The van der Waals surface area contributed by atoms with Crippen molar-refractivity contribution in [3.8, 4) is 22.8 Å². The summed E-state index contributed by atoms with van der Waals surface area (Å²) in [5, 5.41) is 3.32. The van der Waals surface area contributed by atoms with Gasteiger partial charge in [0.05, 0.1) is 6.54 Å². The Kier molecular flexibility index (Phi) is 4.39. The topological polar surface area (TPSA) is 43.6 Å². The van der Waals surface area contributed by atoms with E-state index in [1.165, 1.54) is 12.1 Å². The lowest BCUT2D eigenvalue weighted by Gasteiger charge is -2.26. The lowest BCUT2D eigenvalue weighted by atomic mass is 10.2. The predicted molar refractivity (Wildman–Crippen MR) is 92.2 cm³/mol. The first kappa shape index (κ1) is 15.7. The highest BCUT2D eigenvalue weighted by Crippen LogP contribution is 2.30. The Morgan fingerprint density at radius 3 is 2.60 bits per heavy atom. The van der Waals surface area contributed by atoms with Crippen LogP contribution in [0.25, 0.3) is 11.3 Å². The molecule has 1 N–H and O–H groups in total. The number of halogens is 1. The highest BCUT2D eigenvalue weighted by Gasteiger charge is 2.20. The number of hydrogen-bond acceptors (Lipinski definition) is 4. The van der Waals surface area contributed by atoms with Gasteiger partial charge in [0.15, 0.2) is 11.5 Å². The third-order valence-corrected chi connectivity index (χ3v) is 4.03. The van der Waals surface area contributed by atoms with Crippen molar-refractivity contribution in [1.29, 1.82) is 0 Å². The van der Waals surface area contributed by atoms with Gasteiger partial charge in [-0.05, 0) is 48.5 Å². The molecule has 0 amide bonds. The van der Waals surface area contributed by atoms with Crippen molar-refractivity contribution in [2.45, 2.75) is 12.6 Å². The lowest BCUT2D eigenvalue weighted by Crippen LogP contribution is -2.38. The molecular formula is C20H18FNO3. The summed E-state index contributed by atoms with van der Waals surface area (Å²) in [6.07, 6.45) is -0.0403. The first-order chi connectivity index (χ1) is 12.3. The second kappa shape index (κ2) is 6.99. The van der Waals surface area contributed by atoms with E-state index in [0.29, 0.717) is 19.7 Å². The zero-order valence-electron chi connectivity index (χ0n) is 13.6. The van der Waals surface area contributed by atoms with Gasteiger partial charge in [0.1, 0.15) is 30.0 Å². The van der Waals surface area contributed by atoms with Crippen LogP contribution in [0.3, 0.4) is 0 Å². The Morgan fingerprint density at radius 1 is 0.960 bits per heavy atom. The molecule has 25 heavy (non-hydrogen) atoms. The van der Waals surface area contributed by atoms with E-state index in [4.69, 9.17) is 13.9 Å². The number of para-hydroxylation sites is 2. The molecule has 1 aliphatic rings. The van der Waals surface area contributed by atoms with Crippen molar-refractivity contribution in [3.63, 3.8) is 0 Å². The SMILES string of the molecule is Fc1ccc(-c2ccc(CNC[C@H]3COc4ccccc4O3)o2)cc1. The quantitative estimate of drug-likeness (QED) is 0.763. The van der Waals surface area contributed by atoms with Gasteiger partial charge < -0.3 is 19.2 Å². The first-order valence-corrected chi connectivity index (χ1v) is 8.22. The van der Waals surface area contributed by atoms with Crippen molar-refractivity contribution in [2.24, 2.45) is 0 Å². The van der Waals surface area contributed by atoms with Crippen LogP contribution in [-0.2, 0) is 6.54 Å². The van der Waals surface area contributed by atoms with Crippen molar-refractivity contribution in [3.05, 3.63) is 72.2 Å². The minimum atomic E-state index is -0.256. The normalized spacial score (nSPS) is 16.0. The highest BCUT2D eigenvalue weighted by atomic mass is 19.1. The molecule has 0 saturated carbocycles. The Bertz CT molecular complexity index is 844. The fraction of sp³-hybridized carbons (Fsp3) is 0.200. The average Bonchev–Trinajstić information content (AvgIpc) is 3.11. The van der Waals surface area contributed by atoms with E-state index >= 15 is 0 Å². The summed E-state index contributed by atoms with van der Waals surface area (Å²) in [4.78, 5) is 0. The van der Waals surface area contributed by atoms with E-state index in [0.717, 1.165) is 28.6 Å². The average molecular weight is 339 g/mol. The van der Waals surface area contributed by atoms with Crippen LogP contribution in [0.1, 0.15) is 5.76 Å². The third kappa shape index (κ3) is 3.67. The fourth-order valence-corrected chi connectivity index (χ4v) is 2.76. The van der Waals surface area contributed by atoms with Crippen molar-refractivity contribution >= 4 is 0 Å². The van der Waals surface area contributed by atoms with E-state index in [1.54, 1.807) is 12.1 Å². The smallest absolute Gasteiger partial charge is 0.161 e. The molecule has 1 aromatic heterocycles. The maximum atomic E-state index is 13.0. The third-order valence-electron chi connectivity index (χ3n) is 4.03. The van der Waals surface area contributed by atoms with Crippen LogP contribution < -0.4 is 14.8 Å². The fourth-order valence-electron chi connectivity index (χ4n) is 2.76. The van der Waals surface area contributed by atoms with Gasteiger partial charge in [0.2, 0.25) is 0 Å². The summed E-state index contributed by atoms with van der Waals surface area (Å²) >= 11 is 0. The van der Waals surface area contributed by atoms with Crippen molar-refractivity contribution in [1.82, 2.24) is 5.32 Å². The maximum Gasteiger partial charge on any atom is 0.161 e. The zero-order chi connectivity index (χ0) is 17.1. The van der Waals surface area contributed by atoms with Gasteiger partial charge in [-0.3, -0.25) is 0 Å². The van der Waals surface area contributed by atoms with E-state index in [9.17, 15) is 4.39 Å². The largest absolute Gasteiger partial charge is 0.486 e. The van der Waals surface area contributed by atoms with Gasteiger partial charge in [0, 0.05) is 12.1 Å². The second-order valence-electron chi connectivity index (χ2n) is 5.90. The van der Waals surface area contributed by atoms with E-state index in [-0.39, 0.29) is 11.9 Å². The number of hydrogen-bond donors (Lipinski definition) is 1. The van der Waals surface area contributed by atoms with Crippen LogP contribution in [0, 0.1) is 5.82 Å².